The van der Waals surface area contributed by atoms with Crippen molar-refractivity contribution < 1.29 is 9.84 Å². The summed E-state index contributed by atoms with van der Waals surface area (Å²) in [6.07, 6.45) is 3.89. The van der Waals surface area contributed by atoms with Crippen LogP contribution in [0.3, 0.4) is 0 Å². The Morgan fingerprint density at radius 1 is 1.62 bits per heavy atom. The molecule has 1 aromatic rings. The Morgan fingerprint density at radius 2 is 2.38 bits per heavy atom. The maximum absolute atomic E-state index is 9.67. The van der Waals surface area contributed by atoms with E-state index < -0.39 is 6.29 Å². The molecule has 1 aliphatic heterocycles. The number of allylic oxidation sites excluding steroid dienone is 3. The van der Waals surface area contributed by atoms with Crippen molar-refractivity contribution in [3.63, 3.8) is 0 Å². The number of aryl methyl sites for hydroxylation is 1. The molecule has 0 bridgehead atoms. The molecule has 0 saturated heterocycles. The lowest BCUT2D eigenvalue weighted by atomic mass is 10.1. The first kappa shape index (κ1) is 11.2. The van der Waals surface area contributed by atoms with Crippen LogP contribution in [0.25, 0.3) is 5.57 Å². The predicted octanol–water partition coefficient (Wildman–Crippen LogP) is 2.40. The fourth-order valence-electron chi connectivity index (χ4n) is 1.62. The van der Waals surface area contributed by atoms with E-state index in [-0.39, 0.29) is 0 Å². The second kappa shape index (κ2) is 4.31. The zero-order valence-electron chi connectivity index (χ0n) is 9.36. The number of hydrogen-bond donors (Lipinski definition) is 2. The maximum Gasteiger partial charge on any atom is 0.239 e. The molecule has 1 atom stereocenters. The van der Waals surface area contributed by atoms with Crippen LogP contribution in [-0.4, -0.2) is 11.4 Å². The molecule has 1 unspecified atom stereocenters. The molecule has 1 aliphatic rings. The molecule has 3 N–H and O–H groups in total. The monoisotopic (exact) mass is 237 g/mol. The van der Waals surface area contributed by atoms with Crippen molar-refractivity contribution in [1.82, 2.24) is 0 Å². The van der Waals surface area contributed by atoms with E-state index in [1.165, 1.54) is 0 Å². The van der Waals surface area contributed by atoms with Crippen molar-refractivity contribution in [2.24, 2.45) is 5.73 Å². The van der Waals surface area contributed by atoms with E-state index >= 15 is 0 Å². The predicted molar refractivity (Wildman–Crippen MR) is 66.2 cm³/mol. The number of nitrogens with two attached hydrogens (primary N) is 1. The molecule has 0 saturated carbocycles. The van der Waals surface area contributed by atoms with E-state index in [1.54, 1.807) is 11.3 Å². The third-order valence-electron chi connectivity index (χ3n) is 2.40. The number of aliphatic hydroxyl groups excluding tert-OH is 1. The van der Waals surface area contributed by atoms with E-state index in [1.807, 2.05) is 25.1 Å². The van der Waals surface area contributed by atoms with Crippen LogP contribution < -0.4 is 10.5 Å². The molecule has 0 aromatic carbocycles. The van der Waals surface area contributed by atoms with Gasteiger partial charge in [0.2, 0.25) is 6.29 Å². The van der Waals surface area contributed by atoms with Gasteiger partial charge in [0.25, 0.3) is 0 Å². The van der Waals surface area contributed by atoms with E-state index in [4.69, 9.17) is 10.5 Å². The van der Waals surface area contributed by atoms with Gasteiger partial charge in [0, 0.05) is 10.5 Å². The summed E-state index contributed by atoms with van der Waals surface area (Å²) in [5.74, 6) is 0.722. The number of thiophene rings is 1. The minimum absolute atomic E-state index is 0.388. The van der Waals surface area contributed by atoms with Gasteiger partial charge in [-0.3, -0.25) is 0 Å². The van der Waals surface area contributed by atoms with E-state index in [0.717, 1.165) is 27.5 Å². The molecule has 16 heavy (non-hydrogen) atoms. The lowest BCUT2D eigenvalue weighted by Crippen LogP contribution is -2.27. The summed E-state index contributed by atoms with van der Waals surface area (Å²) in [4.78, 5) is 2.15. The molecule has 86 valence electrons. The summed E-state index contributed by atoms with van der Waals surface area (Å²) in [7, 11) is 0. The smallest absolute Gasteiger partial charge is 0.239 e. The second-order valence-corrected chi connectivity index (χ2v) is 4.96. The summed E-state index contributed by atoms with van der Waals surface area (Å²) in [6, 6.07) is 1.93. The number of ether oxygens (including phenoxy) is 1. The maximum atomic E-state index is 9.67. The summed E-state index contributed by atoms with van der Waals surface area (Å²) in [5.41, 5.74) is 7.12. The Balaban J connectivity index is 2.50. The zero-order valence-corrected chi connectivity index (χ0v) is 10.2. The lowest BCUT2D eigenvalue weighted by molar-refractivity contribution is 0.0117. The zero-order chi connectivity index (χ0) is 11.7. The average Bonchev–Trinajstić information content (AvgIpc) is 2.59. The van der Waals surface area contributed by atoms with Crippen LogP contribution in [0.2, 0.25) is 0 Å². The fourth-order valence-corrected chi connectivity index (χ4v) is 2.61. The Kier molecular flexibility index (Phi) is 3.03. The Labute approximate surface area is 98.9 Å². The van der Waals surface area contributed by atoms with E-state index in [9.17, 15) is 5.11 Å². The molecule has 2 heterocycles. The van der Waals surface area contributed by atoms with Crippen LogP contribution in [0.15, 0.2) is 23.9 Å². The van der Waals surface area contributed by atoms with Crippen LogP contribution in [0.1, 0.15) is 23.1 Å². The second-order valence-electron chi connectivity index (χ2n) is 3.70. The van der Waals surface area contributed by atoms with Crippen LogP contribution >= 0.6 is 11.3 Å². The molecular formula is C12H15NO2S. The van der Waals surface area contributed by atoms with E-state index in [0.29, 0.717) is 5.70 Å². The SMILES string of the molecule is CC/C=C\C1=C(N)C(O)Oc2cc(C)sc21. The molecule has 2 rings (SSSR count). The van der Waals surface area contributed by atoms with Gasteiger partial charge in [-0.2, -0.15) is 0 Å². The van der Waals surface area contributed by atoms with Crippen molar-refractivity contribution in [3.8, 4) is 5.75 Å². The van der Waals surface area contributed by atoms with Crippen molar-refractivity contribution in [2.75, 3.05) is 0 Å². The average molecular weight is 237 g/mol. The Morgan fingerprint density at radius 3 is 3.06 bits per heavy atom. The highest BCUT2D eigenvalue weighted by Crippen LogP contribution is 2.40. The first-order valence-electron chi connectivity index (χ1n) is 5.25. The highest BCUT2D eigenvalue weighted by molar-refractivity contribution is 7.13. The highest BCUT2D eigenvalue weighted by Gasteiger charge is 2.25. The molecule has 0 amide bonds. The van der Waals surface area contributed by atoms with Crippen molar-refractivity contribution in [2.45, 2.75) is 26.6 Å². The van der Waals surface area contributed by atoms with Gasteiger partial charge >= 0.3 is 0 Å². The fraction of sp³-hybridized carbons (Fsp3) is 0.333. The summed E-state index contributed by atoms with van der Waals surface area (Å²) < 4.78 is 5.32. The van der Waals surface area contributed by atoms with Crippen LogP contribution in [0.5, 0.6) is 5.75 Å². The quantitative estimate of drug-likeness (QED) is 0.830. The highest BCUT2D eigenvalue weighted by atomic mass is 32.1. The Bertz CT molecular complexity index is 460. The van der Waals surface area contributed by atoms with Crippen molar-refractivity contribution in [1.29, 1.82) is 0 Å². The molecule has 0 aliphatic carbocycles. The molecule has 0 fully saturated rings. The third kappa shape index (κ3) is 1.86. The summed E-state index contributed by atoms with van der Waals surface area (Å²) >= 11 is 1.63. The molecular weight excluding hydrogens is 222 g/mol. The van der Waals surface area contributed by atoms with Gasteiger partial charge in [0.15, 0.2) is 0 Å². The molecule has 1 aromatic heterocycles. The molecule has 0 radical (unpaired) electrons. The van der Waals surface area contributed by atoms with Gasteiger partial charge in [-0.1, -0.05) is 19.1 Å². The van der Waals surface area contributed by atoms with Crippen molar-refractivity contribution in [3.05, 3.63) is 33.7 Å². The van der Waals surface area contributed by atoms with Gasteiger partial charge in [-0.15, -0.1) is 11.3 Å². The van der Waals surface area contributed by atoms with Crippen LogP contribution in [0.4, 0.5) is 0 Å². The number of hydrogen-bond acceptors (Lipinski definition) is 4. The number of aliphatic hydroxyl groups is 1. The summed E-state index contributed by atoms with van der Waals surface area (Å²) in [6.45, 7) is 4.07. The lowest BCUT2D eigenvalue weighted by Gasteiger charge is -2.21. The van der Waals surface area contributed by atoms with Gasteiger partial charge in [-0.25, -0.2) is 0 Å². The minimum atomic E-state index is -1.03. The largest absolute Gasteiger partial charge is 0.458 e. The third-order valence-corrected chi connectivity index (χ3v) is 3.47. The molecule has 3 nitrogen and oxygen atoms in total. The topological polar surface area (TPSA) is 55.5 Å². The molecule has 4 heteroatoms. The van der Waals surface area contributed by atoms with E-state index in [2.05, 4.69) is 6.92 Å². The summed E-state index contributed by atoms with van der Waals surface area (Å²) in [5, 5.41) is 9.67. The number of rotatable bonds is 2. The minimum Gasteiger partial charge on any atom is -0.458 e. The number of fused-ring (bicyclic) bond motifs is 1. The molecule has 0 spiro atoms. The van der Waals surface area contributed by atoms with Gasteiger partial charge in [-0.05, 0) is 19.4 Å². The van der Waals surface area contributed by atoms with Gasteiger partial charge < -0.3 is 15.6 Å². The Hall–Kier alpha value is -1.26. The van der Waals surface area contributed by atoms with Gasteiger partial charge in [0.1, 0.15) is 5.75 Å². The van der Waals surface area contributed by atoms with Crippen LogP contribution in [-0.2, 0) is 0 Å². The van der Waals surface area contributed by atoms with Crippen molar-refractivity contribution >= 4 is 16.9 Å². The first-order chi connectivity index (χ1) is 7.63. The van der Waals surface area contributed by atoms with Crippen LogP contribution in [0, 0.1) is 6.92 Å². The standard InChI is InChI=1S/C12H15NO2S/c1-3-4-5-8-10(13)12(14)15-9-6-7(2)16-11(8)9/h4-6,12,14H,3,13H2,1-2H3/b5-4-. The first-order valence-corrected chi connectivity index (χ1v) is 6.06. The normalized spacial score (nSPS) is 20.1. The van der Waals surface area contributed by atoms with Gasteiger partial charge in [0.05, 0.1) is 10.6 Å².